The Bertz CT molecular complexity index is 550. The van der Waals surface area contributed by atoms with E-state index in [1.165, 1.54) is 0 Å². The molecule has 1 aliphatic rings. The van der Waals surface area contributed by atoms with Gasteiger partial charge in [0.05, 0.1) is 12.0 Å². The number of ether oxygens (including phenoxy) is 1. The van der Waals surface area contributed by atoms with Gasteiger partial charge in [0.1, 0.15) is 16.8 Å². The number of aromatic nitrogens is 2. The van der Waals surface area contributed by atoms with Crippen LogP contribution in [0.1, 0.15) is 38.6 Å². The van der Waals surface area contributed by atoms with E-state index in [0.717, 1.165) is 30.8 Å². The Balaban J connectivity index is 2.28. The number of carbonyl (C=O) groups excluding carboxylic acids is 1. The first-order valence-electron chi connectivity index (χ1n) is 7.36. The summed E-state index contributed by atoms with van der Waals surface area (Å²) in [7, 11) is 0. The van der Waals surface area contributed by atoms with E-state index >= 15 is 0 Å². The van der Waals surface area contributed by atoms with Gasteiger partial charge in [0.25, 0.3) is 0 Å². The van der Waals surface area contributed by atoms with Crippen LogP contribution in [0.3, 0.4) is 0 Å². The third kappa shape index (κ3) is 3.12. The van der Waals surface area contributed by atoms with Crippen LogP contribution in [0.15, 0.2) is 0 Å². The van der Waals surface area contributed by atoms with E-state index in [9.17, 15) is 4.79 Å². The van der Waals surface area contributed by atoms with Crippen molar-refractivity contribution >= 4 is 23.4 Å². The molecule has 6 heteroatoms. The molecule has 2 heterocycles. The van der Waals surface area contributed by atoms with E-state index in [4.69, 9.17) is 16.3 Å². The van der Waals surface area contributed by atoms with Crippen molar-refractivity contribution in [2.75, 3.05) is 24.6 Å². The van der Waals surface area contributed by atoms with Crippen LogP contribution in [0, 0.1) is 12.3 Å². The average Bonchev–Trinajstić information content (AvgIpc) is 2.82. The van der Waals surface area contributed by atoms with Gasteiger partial charge < -0.3 is 9.64 Å². The summed E-state index contributed by atoms with van der Waals surface area (Å²) < 4.78 is 5.19. The highest BCUT2D eigenvalue weighted by Crippen LogP contribution is 2.36. The van der Waals surface area contributed by atoms with Crippen molar-refractivity contribution in [3.05, 3.63) is 16.5 Å². The average molecular weight is 312 g/mol. The molecule has 1 unspecified atom stereocenters. The molecular weight excluding hydrogens is 290 g/mol. The lowest BCUT2D eigenvalue weighted by molar-refractivity contribution is -0.153. The van der Waals surface area contributed by atoms with Crippen molar-refractivity contribution in [1.82, 2.24) is 9.97 Å². The van der Waals surface area contributed by atoms with E-state index in [1.54, 1.807) is 0 Å². The lowest BCUT2D eigenvalue weighted by Gasteiger charge is -2.24. The Kier molecular flexibility index (Phi) is 4.71. The van der Waals surface area contributed by atoms with Crippen molar-refractivity contribution in [1.29, 1.82) is 0 Å². The first-order chi connectivity index (χ1) is 9.91. The minimum Gasteiger partial charge on any atom is -0.466 e. The first kappa shape index (κ1) is 16.0. The summed E-state index contributed by atoms with van der Waals surface area (Å²) in [6.45, 7) is 9.43. The molecule has 0 saturated carbocycles. The Labute approximate surface area is 130 Å². The maximum atomic E-state index is 12.1. The molecule has 1 aromatic rings. The Morgan fingerprint density at radius 2 is 2.14 bits per heavy atom. The SMILES string of the molecule is CCOC(=O)C1(C)CCN(c2nc(C)nc(Cl)c2CC)C1. The minimum atomic E-state index is -0.480. The summed E-state index contributed by atoms with van der Waals surface area (Å²) in [5.74, 6) is 1.36. The fraction of sp³-hybridized carbons (Fsp3) is 0.667. The molecule has 0 bridgehead atoms. The molecule has 0 aliphatic carbocycles. The molecule has 116 valence electrons. The number of hydrogen-bond donors (Lipinski definition) is 0. The molecule has 0 N–H and O–H groups in total. The smallest absolute Gasteiger partial charge is 0.313 e. The lowest BCUT2D eigenvalue weighted by Crippen LogP contribution is -2.34. The van der Waals surface area contributed by atoms with Crippen LogP contribution in [-0.4, -0.2) is 35.6 Å². The quantitative estimate of drug-likeness (QED) is 0.632. The fourth-order valence-electron chi connectivity index (χ4n) is 2.73. The highest BCUT2D eigenvalue weighted by atomic mass is 35.5. The van der Waals surface area contributed by atoms with Crippen LogP contribution in [-0.2, 0) is 16.0 Å². The van der Waals surface area contributed by atoms with Gasteiger partial charge in [-0.25, -0.2) is 9.97 Å². The zero-order valence-corrected chi connectivity index (χ0v) is 13.8. The largest absolute Gasteiger partial charge is 0.466 e. The third-order valence-corrected chi connectivity index (χ3v) is 4.25. The molecule has 1 aliphatic heterocycles. The second-order valence-electron chi connectivity index (χ2n) is 5.67. The van der Waals surface area contributed by atoms with E-state index in [-0.39, 0.29) is 5.97 Å². The first-order valence-corrected chi connectivity index (χ1v) is 7.74. The van der Waals surface area contributed by atoms with Crippen molar-refractivity contribution in [2.24, 2.45) is 5.41 Å². The predicted octanol–water partition coefficient (Wildman–Crippen LogP) is 2.78. The van der Waals surface area contributed by atoms with Gasteiger partial charge in [-0.05, 0) is 33.6 Å². The topological polar surface area (TPSA) is 55.3 Å². The van der Waals surface area contributed by atoms with Gasteiger partial charge in [0.2, 0.25) is 0 Å². The highest BCUT2D eigenvalue weighted by molar-refractivity contribution is 6.30. The number of esters is 1. The van der Waals surface area contributed by atoms with E-state index in [2.05, 4.69) is 14.9 Å². The van der Waals surface area contributed by atoms with Crippen LogP contribution in [0.5, 0.6) is 0 Å². The molecule has 1 aromatic heterocycles. The van der Waals surface area contributed by atoms with Gasteiger partial charge in [0.15, 0.2) is 0 Å². The van der Waals surface area contributed by atoms with E-state index < -0.39 is 5.41 Å². The van der Waals surface area contributed by atoms with Gasteiger partial charge >= 0.3 is 5.97 Å². The summed E-state index contributed by atoms with van der Waals surface area (Å²) in [4.78, 5) is 23.0. The Hall–Kier alpha value is -1.36. The van der Waals surface area contributed by atoms with Gasteiger partial charge in [-0.2, -0.15) is 0 Å². The maximum Gasteiger partial charge on any atom is 0.313 e. The Morgan fingerprint density at radius 1 is 1.43 bits per heavy atom. The number of halogens is 1. The number of nitrogens with zero attached hydrogens (tertiary/aromatic N) is 3. The second kappa shape index (κ2) is 6.18. The fourth-order valence-corrected chi connectivity index (χ4v) is 3.07. The second-order valence-corrected chi connectivity index (χ2v) is 6.03. The normalized spacial score (nSPS) is 21.7. The standard InChI is InChI=1S/C15H22ClN3O2/c1-5-11-12(16)17-10(3)18-13(11)19-8-7-15(4,9-19)14(20)21-6-2/h5-9H2,1-4H3. The molecule has 1 fully saturated rings. The lowest BCUT2D eigenvalue weighted by atomic mass is 9.90. The molecule has 0 radical (unpaired) electrons. The summed E-state index contributed by atoms with van der Waals surface area (Å²) in [6, 6.07) is 0. The summed E-state index contributed by atoms with van der Waals surface area (Å²) in [5.41, 5.74) is 0.460. The zero-order chi connectivity index (χ0) is 15.6. The van der Waals surface area contributed by atoms with Crippen molar-refractivity contribution < 1.29 is 9.53 Å². The minimum absolute atomic E-state index is 0.137. The number of carbonyl (C=O) groups is 1. The van der Waals surface area contributed by atoms with Crippen LogP contribution >= 0.6 is 11.6 Å². The molecule has 21 heavy (non-hydrogen) atoms. The Morgan fingerprint density at radius 3 is 2.76 bits per heavy atom. The number of aryl methyl sites for hydroxylation is 1. The molecule has 0 amide bonds. The monoisotopic (exact) mass is 311 g/mol. The highest BCUT2D eigenvalue weighted by Gasteiger charge is 2.42. The van der Waals surface area contributed by atoms with Crippen LogP contribution in [0.2, 0.25) is 5.15 Å². The van der Waals surface area contributed by atoms with Gasteiger partial charge in [-0.3, -0.25) is 4.79 Å². The van der Waals surface area contributed by atoms with Gasteiger partial charge in [-0.15, -0.1) is 0 Å². The van der Waals surface area contributed by atoms with Crippen molar-refractivity contribution in [3.8, 4) is 0 Å². The van der Waals surface area contributed by atoms with Crippen LogP contribution in [0.25, 0.3) is 0 Å². The number of rotatable bonds is 4. The van der Waals surface area contributed by atoms with Crippen molar-refractivity contribution in [2.45, 2.75) is 40.5 Å². The maximum absolute atomic E-state index is 12.1. The molecular formula is C15H22ClN3O2. The molecule has 0 spiro atoms. The zero-order valence-electron chi connectivity index (χ0n) is 13.1. The van der Waals surface area contributed by atoms with Crippen LogP contribution < -0.4 is 4.90 Å². The molecule has 2 rings (SSSR count). The summed E-state index contributed by atoms with van der Waals surface area (Å²) >= 11 is 6.23. The van der Waals surface area contributed by atoms with Crippen molar-refractivity contribution in [3.63, 3.8) is 0 Å². The number of anilines is 1. The number of hydrogen-bond acceptors (Lipinski definition) is 5. The van der Waals surface area contributed by atoms with E-state index in [0.29, 0.717) is 24.1 Å². The third-order valence-electron chi connectivity index (χ3n) is 3.94. The van der Waals surface area contributed by atoms with Gasteiger partial charge in [0, 0.05) is 18.7 Å². The molecule has 1 saturated heterocycles. The molecule has 0 aromatic carbocycles. The van der Waals surface area contributed by atoms with E-state index in [1.807, 2.05) is 27.7 Å². The molecule has 5 nitrogen and oxygen atoms in total. The predicted molar refractivity (Wildman–Crippen MR) is 82.7 cm³/mol. The summed E-state index contributed by atoms with van der Waals surface area (Å²) in [5, 5.41) is 0.504. The summed E-state index contributed by atoms with van der Waals surface area (Å²) in [6.07, 6.45) is 1.52. The molecule has 1 atom stereocenters. The van der Waals surface area contributed by atoms with Crippen LogP contribution in [0.4, 0.5) is 5.82 Å². The van der Waals surface area contributed by atoms with Gasteiger partial charge in [-0.1, -0.05) is 18.5 Å².